The average Bonchev–Trinajstić information content (AvgIpc) is 3.06. The Morgan fingerprint density at radius 3 is 2.48 bits per heavy atom. The van der Waals surface area contributed by atoms with Gasteiger partial charge in [0.2, 0.25) is 0 Å². The van der Waals surface area contributed by atoms with Crippen molar-refractivity contribution in [3.63, 3.8) is 0 Å². The number of H-pyrrole nitrogens is 1. The summed E-state index contributed by atoms with van der Waals surface area (Å²) in [6, 6.07) is 18.0. The van der Waals surface area contributed by atoms with Crippen LogP contribution in [0.4, 0.5) is 0 Å². The second kappa shape index (κ2) is 7.92. The van der Waals surface area contributed by atoms with Gasteiger partial charge >= 0.3 is 5.97 Å². The Bertz CT molecular complexity index is 1230. The molecule has 2 aromatic carbocycles. The molecule has 0 aliphatic carbocycles. The molecule has 0 aliphatic heterocycles. The third kappa shape index (κ3) is 3.79. The van der Waals surface area contributed by atoms with E-state index in [1.807, 2.05) is 42.5 Å². The number of para-hydroxylation sites is 1. The molecule has 7 nitrogen and oxygen atoms in total. The fourth-order valence-corrected chi connectivity index (χ4v) is 3.38. The standard InChI is InChI=1S/C21H16BrN3O4/c1-2-28-21(27)18-19(22)24-25-17(26)12-16(23-20(18)25)13-8-10-15(11-9-13)29-14-6-4-3-5-7-14/h3-12,24H,2H2,1H3. The molecule has 0 atom stereocenters. The molecule has 0 unspecified atom stereocenters. The van der Waals surface area contributed by atoms with E-state index in [4.69, 9.17) is 9.47 Å². The van der Waals surface area contributed by atoms with E-state index in [0.717, 1.165) is 11.3 Å². The zero-order valence-corrected chi connectivity index (χ0v) is 17.0. The quantitative estimate of drug-likeness (QED) is 0.452. The Morgan fingerprint density at radius 1 is 1.10 bits per heavy atom. The van der Waals surface area contributed by atoms with Crippen LogP contribution in [0.3, 0.4) is 0 Å². The molecule has 4 aromatic rings. The first-order chi connectivity index (χ1) is 14.1. The van der Waals surface area contributed by atoms with Crippen LogP contribution in [0.5, 0.6) is 11.5 Å². The van der Waals surface area contributed by atoms with Gasteiger partial charge < -0.3 is 9.47 Å². The molecule has 4 rings (SSSR count). The number of carbonyl (C=O) groups is 1. The van der Waals surface area contributed by atoms with E-state index in [2.05, 4.69) is 26.0 Å². The average molecular weight is 454 g/mol. The Balaban J connectivity index is 1.71. The molecule has 8 heteroatoms. The van der Waals surface area contributed by atoms with Crippen LogP contribution in [0, 0.1) is 0 Å². The summed E-state index contributed by atoms with van der Waals surface area (Å²) in [7, 11) is 0. The Kier molecular flexibility index (Phi) is 5.18. The summed E-state index contributed by atoms with van der Waals surface area (Å²) >= 11 is 3.26. The van der Waals surface area contributed by atoms with Crippen molar-refractivity contribution >= 4 is 27.5 Å². The highest BCUT2D eigenvalue weighted by Crippen LogP contribution is 2.26. The molecule has 2 aromatic heterocycles. The predicted molar refractivity (Wildman–Crippen MR) is 111 cm³/mol. The predicted octanol–water partition coefficient (Wildman–Crippen LogP) is 4.42. The van der Waals surface area contributed by atoms with E-state index in [-0.39, 0.29) is 23.4 Å². The van der Waals surface area contributed by atoms with Gasteiger partial charge in [0.1, 0.15) is 21.7 Å². The van der Waals surface area contributed by atoms with E-state index in [9.17, 15) is 9.59 Å². The summed E-state index contributed by atoms with van der Waals surface area (Å²) in [5.41, 5.74) is 1.19. The van der Waals surface area contributed by atoms with Gasteiger partial charge in [-0.1, -0.05) is 18.2 Å². The molecule has 0 saturated carbocycles. The summed E-state index contributed by atoms with van der Waals surface area (Å²) < 4.78 is 12.4. The number of aromatic amines is 1. The van der Waals surface area contributed by atoms with E-state index in [0.29, 0.717) is 16.0 Å². The molecule has 0 saturated heterocycles. The van der Waals surface area contributed by atoms with Gasteiger partial charge in [-0.3, -0.25) is 9.89 Å². The summed E-state index contributed by atoms with van der Waals surface area (Å²) in [6.07, 6.45) is 0. The normalized spacial score (nSPS) is 10.8. The molecular formula is C21H16BrN3O4. The number of halogens is 1. The number of benzene rings is 2. The highest BCUT2D eigenvalue weighted by Gasteiger charge is 2.21. The van der Waals surface area contributed by atoms with Crippen molar-refractivity contribution < 1.29 is 14.3 Å². The van der Waals surface area contributed by atoms with E-state index >= 15 is 0 Å². The van der Waals surface area contributed by atoms with Gasteiger partial charge in [0, 0.05) is 11.6 Å². The number of ether oxygens (including phenoxy) is 2. The highest BCUT2D eigenvalue weighted by atomic mass is 79.9. The zero-order chi connectivity index (χ0) is 20.4. The van der Waals surface area contributed by atoms with Crippen molar-refractivity contribution in [3.8, 4) is 22.8 Å². The molecule has 0 amide bonds. The summed E-state index contributed by atoms with van der Waals surface area (Å²) in [5, 5.41) is 2.79. The molecule has 0 fully saturated rings. The molecule has 2 heterocycles. The number of nitrogens with zero attached hydrogens (tertiary/aromatic N) is 2. The van der Waals surface area contributed by atoms with Crippen LogP contribution >= 0.6 is 15.9 Å². The first-order valence-corrected chi connectivity index (χ1v) is 9.68. The first kappa shape index (κ1) is 18.9. The van der Waals surface area contributed by atoms with Gasteiger partial charge in [-0.2, -0.15) is 4.52 Å². The van der Waals surface area contributed by atoms with Gasteiger partial charge in [0.05, 0.1) is 12.3 Å². The van der Waals surface area contributed by atoms with Crippen LogP contribution in [-0.2, 0) is 4.74 Å². The first-order valence-electron chi connectivity index (χ1n) is 8.88. The number of aromatic nitrogens is 3. The molecule has 0 spiro atoms. The summed E-state index contributed by atoms with van der Waals surface area (Å²) in [6.45, 7) is 1.93. The lowest BCUT2D eigenvalue weighted by Gasteiger charge is -2.07. The largest absolute Gasteiger partial charge is 0.462 e. The van der Waals surface area contributed by atoms with Crippen molar-refractivity contribution in [1.29, 1.82) is 0 Å². The number of carbonyl (C=O) groups excluding carboxylic acids is 1. The number of fused-ring (bicyclic) bond motifs is 1. The lowest BCUT2D eigenvalue weighted by Crippen LogP contribution is -2.15. The van der Waals surface area contributed by atoms with E-state index in [1.54, 1.807) is 19.1 Å². The summed E-state index contributed by atoms with van der Waals surface area (Å²) in [5.74, 6) is 0.831. The van der Waals surface area contributed by atoms with Crippen LogP contribution in [0.1, 0.15) is 17.3 Å². The minimum Gasteiger partial charge on any atom is -0.462 e. The van der Waals surface area contributed by atoms with Crippen LogP contribution in [0.15, 0.2) is 70.1 Å². The zero-order valence-electron chi connectivity index (χ0n) is 15.4. The van der Waals surface area contributed by atoms with Crippen molar-refractivity contribution in [2.75, 3.05) is 6.61 Å². The van der Waals surface area contributed by atoms with Crippen LogP contribution in [0.25, 0.3) is 16.9 Å². The highest BCUT2D eigenvalue weighted by molar-refractivity contribution is 9.10. The van der Waals surface area contributed by atoms with Gasteiger partial charge in [0.15, 0.2) is 5.65 Å². The van der Waals surface area contributed by atoms with Gasteiger partial charge in [0.25, 0.3) is 5.56 Å². The Morgan fingerprint density at radius 2 is 1.79 bits per heavy atom. The van der Waals surface area contributed by atoms with Gasteiger partial charge in [-0.05, 0) is 59.3 Å². The second-order valence-electron chi connectivity index (χ2n) is 6.10. The monoisotopic (exact) mass is 453 g/mol. The number of nitrogens with one attached hydrogen (secondary N) is 1. The minimum absolute atomic E-state index is 0.176. The van der Waals surface area contributed by atoms with Crippen LogP contribution in [0.2, 0.25) is 0 Å². The molecule has 0 aliphatic rings. The second-order valence-corrected chi connectivity index (χ2v) is 6.89. The number of rotatable bonds is 5. The van der Waals surface area contributed by atoms with Crippen molar-refractivity contribution in [1.82, 2.24) is 14.6 Å². The molecular weight excluding hydrogens is 438 g/mol. The molecule has 0 radical (unpaired) electrons. The topological polar surface area (TPSA) is 85.7 Å². The third-order valence-electron chi connectivity index (χ3n) is 4.18. The van der Waals surface area contributed by atoms with Crippen molar-refractivity contribution in [3.05, 3.63) is 81.2 Å². The van der Waals surface area contributed by atoms with E-state index < -0.39 is 5.97 Å². The lowest BCUT2D eigenvalue weighted by molar-refractivity contribution is 0.0527. The lowest BCUT2D eigenvalue weighted by atomic mass is 10.1. The third-order valence-corrected chi connectivity index (χ3v) is 4.75. The van der Waals surface area contributed by atoms with Gasteiger partial charge in [-0.25, -0.2) is 9.78 Å². The smallest absolute Gasteiger partial charge is 0.344 e. The minimum atomic E-state index is -0.561. The van der Waals surface area contributed by atoms with Crippen LogP contribution in [-0.4, -0.2) is 27.2 Å². The Hall–Kier alpha value is -3.39. The number of hydrogen-bond acceptors (Lipinski definition) is 5. The number of hydrogen-bond donors (Lipinski definition) is 1. The van der Waals surface area contributed by atoms with Crippen molar-refractivity contribution in [2.45, 2.75) is 6.92 Å². The molecule has 146 valence electrons. The van der Waals surface area contributed by atoms with Crippen LogP contribution < -0.4 is 10.3 Å². The molecule has 1 N–H and O–H groups in total. The maximum absolute atomic E-state index is 12.5. The molecule has 0 bridgehead atoms. The fraction of sp³-hybridized carbons (Fsp3) is 0.0952. The fourth-order valence-electron chi connectivity index (χ4n) is 2.86. The maximum atomic E-state index is 12.5. The van der Waals surface area contributed by atoms with Crippen molar-refractivity contribution in [2.24, 2.45) is 0 Å². The van der Waals surface area contributed by atoms with Gasteiger partial charge in [-0.15, -0.1) is 0 Å². The maximum Gasteiger partial charge on any atom is 0.344 e. The number of esters is 1. The molecule has 29 heavy (non-hydrogen) atoms. The van der Waals surface area contributed by atoms with E-state index in [1.165, 1.54) is 10.6 Å². The Labute approximate surface area is 174 Å². The SMILES string of the molecule is CCOC(=O)c1c(Br)[nH]n2c(=O)cc(-c3ccc(Oc4ccccc4)cc3)nc12. The summed E-state index contributed by atoms with van der Waals surface area (Å²) in [4.78, 5) is 29.3.